The van der Waals surface area contributed by atoms with Crippen LogP contribution in [0.3, 0.4) is 0 Å². The maximum Gasteiger partial charge on any atom is 0.227 e. The van der Waals surface area contributed by atoms with Crippen molar-refractivity contribution in [3.63, 3.8) is 0 Å². The van der Waals surface area contributed by atoms with Gasteiger partial charge in [-0.15, -0.1) is 11.8 Å². The van der Waals surface area contributed by atoms with Crippen molar-refractivity contribution in [2.75, 3.05) is 18.4 Å². The highest BCUT2D eigenvalue weighted by Gasteiger charge is 2.31. The first-order valence-corrected chi connectivity index (χ1v) is 15.0. The summed E-state index contributed by atoms with van der Waals surface area (Å²) in [7, 11) is -3.41. The molecule has 184 valence electrons. The molecule has 0 saturated carbocycles. The SMILES string of the molecule is Cc1cc(CSc2ccccc2)ccc1NC(=O)C1CCN(S(=O)(=O)Cc2ccc(Br)cc2)CC1. The number of carbonyl (C=O) groups excluding carboxylic acids is 1. The van der Waals surface area contributed by atoms with Gasteiger partial charge in [-0.25, -0.2) is 12.7 Å². The Bertz CT molecular complexity index is 1260. The Labute approximate surface area is 220 Å². The lowest BCUT2D eigenvalue weighted by atomic mass is 9.97. The van der Waals surface area contributed by atoms with Gasteiger partial charge in [0, 0.05) is 39.8 Å². The molecule has 0 spiro atoms. The Kier molecular flexibility index (Phi) is 8.70. The lowest BCUT2D eigenvalue weighted by Crippen LogP contribution is -2.41. The number of hydrogen-bond acceptors (Lipinski definition) is 4. The van der Waals surface area contributed by atoms with Gasteiger partial charge in [-0.05, 0) is 66.8 Å². The number of anilines is 1. The third-order valence-electron chi connectivity index (χ3n) is 6.18. The summed E-state index contributed by atoms with van der Waals surface area (Å²) in [6, 6.07) is 23.7. The molecule has 1 heterocycles. The van der Waals surface area contributed by atoms with Crippen LogP contribution < -0.4 is 5.32 Å². The van der Waals surface area contributed by atoms with Gasteiger partial charge in [0.15, 0.2) is 0 Å². The summed E-state index contributed by atoms with van der Waals surface area (Å²) >= 11 is 5.15. The van der Waals surface area contributed by atoms with Crippen molar-refractivity contribution in [1.29, 1.82) is 0 Å². The molecule has 0 atom stereocenters. The minimum Gasteiger partial charge on any atom is -0.326 e. The van der Waals surface area contributed by atoms with Gasteiger partial charge in [0.2, 0.25) is 15.9 Å². The largest absolute Gasteiger partial charge is 0.326 e. The van der Waals surface area contributed by atoms with Gasteiger partial charge in [-0.2, -0.15) is 0 Å². The number of hydrogen-bond donors (Lipinski definition) is 1. The van der Waals surface area contributed by atoms with Crippen molar-refractivity contribution in [2.24, 2.45) is 5.92 Å². The zero-order valence-electron chi connectivity index (χ0n) is 19.6. The molecule has 35 heavy (non-hydrogen) atoms. The van der Waals surface area contributed by atoms with E-state index in [4.69, 9.17) is 0 Å². The minimum atomic E-state index is -3.41. The van der Waals surface area contributed by atoms with Gasteiger partial charge in [0.05, 0.1) is 5.75 Å². The molecule has 0 aromatic heterocycles. The van der Waals surface area contributed by atoms with E-state index in [9.17, 15) is 13.2 Å². The molecule has 0 aliphatic carbocycles. The fourth-order valence-electron chi connectivity index (χ4n) is 4.15. The summed E-state index contributed by atoms with van der Waals surface area (Å²) in [5.41, 5.74) is 3.81. The average Bonchev–Trinajstić information content (AvgIpc) is 2.86. The van der Waals surface area contributed by atoms with Crippen LogP contribution in [0.5, 0.6) is 0 Å². The van der Waals surface area contributed by atoms with Gasteiger partial charge in [0.1, 0.15) is 0 Å². The van der Waals surface area contributed by atoms with E-state index in [0.29, 0.717) is 25.9 Å². The van der Waals surface area contributed by atoms with Crippen molar-refractivity contribution in [3.05, 3.63) is 94.0 Å². The van der Waals surface area contributed by atoms with Gasteiger partial charge in [0.25, 0.3) is 0 Å². The average molecular weight is 574 g/mol. The number of nitrogens with one attached hydrogen (secondary N) is 1. The highest BCUT2D eigenvalue weighted by atomic mass is 79.9. The summed E-state index contributed by atoms with van der Waals surface area (Å²) in [6.07, 6.45) is 1.05. The van der Waals surface area contributed by atoms with Crippen LogP contribution in [0.25, 0.3) is 0 Å². The molecular formula is C27H29BrN2O3S2. The summed E-state index contributed by atoms with van der Waals surface area (Å²) < 4.78 is 28.1. The molecule has 1 amide bonds. The van der Waals surface area contributed by atoms with E-state index in [1.54, 1.807) is 11.8 Å². The third-order valence-corrected chi connectivity index (χ3v) is 9.64. The molecule has 4 rings (SSSR count). The number of sulfonamides is 1. The molecule has 3 aromatic rings. The highest BCUT2D eigenvalue weighted by molar-refractivity contribution is 9.10. The van der Waals surface area contributed by atoms with Gasteiger partial charge in [-0.1, -0.05) is 58.4 Å². The molecule has 1 aliphatic heterocycles. The molecule has 0 unspecified atom stereocenters. The summed E-state index contributed by atoms with van der Waals surface area (Å²) in [4.78, 5) is 14.1. The number of amides is 1. The number of rotatable bonds is 8. The van der Waals surface area contributed by atoms with E-state index in [1.807, 2.05) is 55.5 Å². The van der Waals surface area contributed by atoms with Crippen molar-refractivity contribution in [3.8, 4) is 0 Å². The van der Waals surface area contributed by atoms with Crippen molar-refractivity contribution in [1.82, 2.24) is 4.31 Å². The van der Waals surface area contributed by atoms with Crippen LogP contribution >= 0.6 is 27.7 Å². The van der Waals surface area contributed by atoms with Crippen LogP contribution in [0.1, 0.15) is 29.5 Å². The fourth-order valence-corrected chi connectivity index (χ4v) is 6.84. The standard InChI is InChI=1S/C27H29BrN2O3S2/c1-20-17-22(18-34-25-5-3-2-4-6-25)9-12-26(20)29-27(31)23-13-15-30(16-14-23)35(32,33)19-21-7-10-24(28)11-8-21/h2-12,17,23H,13-16,18-19H2,1H3,(H,29,31). The van der Waals surface area contributed by atoms with Crippen LogP contribution in [0.4, 0.5) is 5.69 Å². The van der Waals surface area contributed by atoms with E-state index in [2.05, 4.69) is 45.5 Å². The van der Waals surface area contributed by atoms with E-state index in [1.165, 1.54) is 14.8 Å². The Balaban J connectivity index is 1.28. The Hall–Kier alpha value is -2.13. The van der Waals surface area contributed by atoms with Crippen LogP contribution in [-0.2, 0) is 26.3 Å². The number of nitrogens with zero attached hydrogens (tertiary/aromatic N) is 1. The molecule has 8 heteroatoms. The van der Waals surface area contributed by atoms with Crippen LogP contribution in [0.2, 0.25) is 0 Å². The Morgan fingerprint density at radius 2 is 1.66 bits per heavy atom. The molecule has 1 aliphatic rings. The third kappa shape index (κ3) is 7.19. The predicted molar refractivity (Wildman–Crippen MR) is 147 cm³/mol. The number of piperidine rings is 1. The topological polar surface area (TPSA) is 66.5 Å². The maximum absolute atomic E-state index is 12.9. The van der Waals surface area contributed by atoms with E-state index >= 15 is 0 Å². The second-order valence-corrected chi connectivity index (χ2v) is 12.7. The fraction of sp³-hybridized carbons (Fsp3) is 0.296. The molecule has 1 fully saturated rings. The van der Waals surface area contributed by atoms with Crippen molar-refractivity contribution in [2.45, 2.75) is 36.2 Å². The molecule has 3 aromatic carbocycles. The zero-order chi connectivity index (χ0) is 24.8. The second kappa shape index (κ2) is 11.7. The molecule has 1 saturated heterocycles. The number of carbonyl (C=O) groups is 1. The van der Waals surface area contributed by atoms with E-state index in [-0.39, 0.29) is 17.6 Å². The molecule has 0 bridgehead atoms. The maximum atomic E-state index is 12.9. The number of aryl methyl sites for hydroxylation is 1. The Morgan fingerprint density at radius 1 is 1.00 bits per heavy atom. The monoisotopic (exact) mass is 572 g/mol. The first kappa shape index (κ1) is 25.9. The first-order valence-electron chi connectivity index (χ1n) is 11.6. The zero-order valence-corrected chi connectivity index (χ0v) is 22.8. The van der Waals surface area contributed by atoms with Gasteiger partial charge >= 0.3 is 0 Å². The lowest BCUT2D eigenvalue weighted by molar-refractivity contribution is -0.120. The van der Waals surface area contributed by atoms with Gasteiger partial charge < -0.3 is 5.32 Å². The first-order chi connectivity index (χ1) is 16.8. The summed E-state index contributed by atoms with van der Waals surface area (Å²) in [6.45, 7) is 2.74. The highest BCUT2D eigenvalue weighted by Crippen LogP contribution is 2.27. The predicted octanol–water partition coefficient (Wildman–Crippen LogP) is 6.23. The van der Waals surface area contributed by atoms with E-state index < -0.39 is 10.0 Å². The number of benzene rings is 3. The van der Waals surface area contributed by atoms with Crippen LogP contribution in [0.15, 0.2) is 82.2 Å². The second-order valence-electron chi connectivity index (χ2n) is 8.80. The van der Waals surface area contributed by atoms with Gasteiger partial charge in [-0.3, -0.25) is 4.79 Å². The number of thioether (sulfide) groups is 1. The number of halogens is 1. The smallest absolute Gasteiger partial charge is 0.227 e. The molecular weight excluding hydrogens is 544 g/mol. The van der Waals surface area contributed by atoms with Crippen LogP contribution in [0, 0.1) is 12.8 Å². The molecule has 1 N–H and O–H groups in total. The van der Waals surface area contributed by atoms with Crippen LogP contribution in [-0.4, -0.2) is 31.7 Å². The normalized spacial score (nSPS) is 15.1. The molecule has 0 radical (unpaired) electrons. The van der Waals surface area contributed by atoms with Crippen molar-refractivity contribution < 1.29 is 13.2 Å². The van der Waals surface area contributed by atoms with E-state index in [0.717, 1.165) is 27.0 Å². The lowest BCUT2D eigenvalue weighted by Gasteiger charge is -2.30. The minimum absolute atomic E-state index is 0.0226. The van der Waals surface area contributed by atoms with Crippen molar-refractivity contribution >= 4 is 49.3 Å². The quantitative estimate of drug-likeness (QED) is 0.325. The summed E-state index contributed by atoms with van der Waals surface area (Å²) in [5.74, 6) is 0.614. The molecule has 5 nitrogen and oxygen atoms in total. The summed E-state index contributed by atoms with van der Waals surface area (Å²) in [5, 5.41) is 3.06. The Morgan fingerprint density at radius 3 is 2.31 bits per heavy atom.